The van der Waals surface area contributed by atoms with Crippen LogP contribution in [0.4, 0.5) is 0 Å². The molecule has 1 aliphatic heterocycles. The highest BCUT2D eigenvalue weighted by molar-refractivity contribution is 5.81. The Kier molecular flexibility index (Phi) is 5.64. The Morgan fingerprint density at radius 1 is 0.381 bits per heavy atom. The summed E-state index contributed by atoms with van der Waals surface area (Å²) in [5, 5.41) is 3.84. The molecule has 8 rings (SSSR count). The summed E-state index contributed by atoms with van der Waals surface area (Å²) in [7, 11) is 0. The number of hydrogen-bond donors (Lipinski definition) is 4. The van der Waals surface area contributed by atoms with Crippen LogP contribution in [0.5, 0.6) is 0 Å². The second kappa shape index (κ2) is 9.91. The van der Waals surface area contributed by atoms with Gasteiger partial charge in [-0.05, 0) is 91.0 Å². The molecular formula is C35H25N7. The molecule has 0 fully saturated rings. The Morgan fingerprint density at radius 2 is 0.857 bits per heavy atom. The number of aromatic amines is 4. The highest BCUT2D eigenvalue weighted by Crippen LogP contribution is 2.24. The van der Waals surface area contributed by atoms with Gasteiger partial charge in [-0.3, -0.25) is 15.0 Å². The summed E-state index contributed by atoms with van der Waals surface area (Å²) < 4.78 is 0. The SMILES string of the molecule is C1=c2ccc([nH]2)=C(c2ccccn2)c2ccc([nH]2)C(c2ccccn2)=c2ccc([nH]2)=C(c2ccccn2)c2ccc1[nH]2. The molecule has 0 spiro atoms. The predicted molar refractivity (Wildman–Crippen MR) is 163 cm³/mol. The van der Waals surface area contributed by atoms with Gasteiger partial charge in [-0.1, -0.05) is 18.2 Å². The van der Waals surface area contributed by atoms with Crippen molar-refractivity contribution in [3.63, 3.8) is 0 Å². The van der Waals surface area contributed by atoms with Crippen LogP contribution in [0.15, 0.2) is 122 Å². The molecule has 7 aromatic rings. The molecule has 4 N–H and O–H groups in total. The number of aromatic nitrogens is 7. The van der Waals surface area contributed by atoms with E-state index in [0.717, 1.165) is 78.0 Å². The topological polar surface area (TPSA) is 102 Å². The van der Waals surface area contributed by atoms with Crippen LogP contribution in [0.1, 0.15) is 39.9 Å². The van der Waals surface area contributed by atoms with Crippen molar-refractivity contribution in [3.05, 3.63) is 183 Å². The number of H-pyrrole nitrogens is 4. The lowest BCUT2D eigenvalue weighted by atomic mass is 10.1. The average molecular weight is 544 g/mol. The van der Waals surface area contributed by atoms with Crippen LogP contribution < -0.4 is 21.4 Å². The third kappa shape index (κ3) is 4.20. The molecule has 8 heterocycles. The Morgan fingerprint density at radius 3 is 1.38 bits per heavy atom. The third-order valence-electron chi connectivity index (χ3n) is 7.48. The molecule has 0 aliphatic carbocycles. The lowest BCUT2D eigenvalue weighted by Crippen LogP contribution is -2.18. The number of rotatable bonds is 3. The van der Waals surface area contributed by atoms with Gasteiger partial charge < -0.3 is 19.9 Å². The molecule has 200 valence electrons. The molecular weight excluding hydrogens is 518 g/mol. The van der Waals surface area contributed by atoms with Crippen LogP contribution in [-0.4, -0.2) is 34.9 Å². The summed E-state index contributed by atoms with van der Waals surface area (Å²) in [6.45, 7) is 0. The van der Waals surface area contributed by atoms with E-state index in [1.165, 1.54) is 0 Å². The van der Waals surface area contributed by atoms with Gasteiger partial charge in [-0.15, -0.1) is 0 Å². The van der Waals surface area contributed by atoms with E-state index in [-0.39, 0.29) is 0 Å². The van der Waals surface area contributed by atoms with E-state index in [9.17, 15) is 0 Å². The summed E-state index contributed by atoms with van der Waals surface area (Å²) >= 11 is 0. The van der Waals surface area contributed by atoms with Gasteiger partial charge in [0.2, 0.25) is 0 Å². The van der Waals surface area contributed by atoms with E-state index in [4.69, 9.17) is 15.0 Å². The van der Waals surface area contributed by atoms with E-state index >= 15 is 0 Å². The monoisotopic (exact) mass is 543 g/mol. The standard InChI is InChI=1S/C35H25N7/c1-4-18-36-24(7-1)33-27-12-10-22(39-27)21-23-11-13-28(40-23)34(25-8-2-5-19-37-25)30-15-17-32(42-30)35(26-9-3-6-20-38-26)31-16-14-29(33)41-31/h1-21,39-42H. The molecule has 7 heteroatoms. The van der Waals surface area contributed by atoms with Crippen molar-refractivity contribution in [2.75, 3.05) is 0 Å². The fraction of sp³-hybridized carbons (Fsp3) is 0. The summed E-state index contributed by atoms with van der Waals surface area (Å²) in [6, 6.07) is 34.7. The molecule has 42 heavy (non-hydrogen) atoms. The molecule has 7 aromatic heterocycles. The van der Waals surface area contributed by atoms with Crippen LogP contribution in [0, 0.1) is 0 Å². The molecule has 0 saturated heterocycles. The van der Waals surface area contributed by atoms with E-state index < -0.39 is 0 Å². The minimum atomic E-state index is 0.859. The van der Waals surface area contributed by atoms with Crippen molar-refractivity contribution in [1.82, 2.24) is 34.9 Å². The number of pyridine rings is 3. The van der Waals surface area contributed by atoms with Gasteiger partial charge in [0.25, 0.3) is 0 Å². The van der Waals surface area contributed by atoms with Gasteiger partial charge in [0, 0.05) is 46.4 Å². The molecule has 7 nitrogen and oxygen atoms in total. The van der Waals surface area contributed by atoms with Crippen LogP contribution in [0.2, 0.25) is 0 Å². The summed E-state index contributed by atoms with van der Waals surface area (Å²) in [5.74, 6) is 0. The third-order valence-corrected chi connectivity index (χ3v) is 7.48. The molecule has 1 aliphatic rings. The number of nitrogens with one attached hydrogen (secondary N) is 4. The smallest absolute Gasteiger partial charge is 0.0743 e. The second-order valence-corrected chi connectivity index (χ2v) is 10.1. The maximum absolute atomic E-state index is 4.74. The quantitative estimate of drug-likeness (QED) is 0.276. The highest BCUT2D eigenvalue weighted by Gasteiger charge is 2.17. The van der Waals surface area contributed by atoms with Crippen LogP contribution in [0.25, 0.3) is 22.8 Å². The number of fused-ring (bicyclic) bond motifs is 8. The maximum atomic E-state index is 4.74. The van der Waals surface area contributed by atoms with Crippen molar-refractivity contribution in [3.8, 4) is 0 Å². The number of nitrogens with zero attached hydrogens (tertiary/aromatic N) is 3. The van der Waals surface area contributed by atoms with Crippen molar-refractivity contribution in [2.24, 2.45) is 0 Å². The zero-order chi connectivity index (χ0) is 27.9. The highest BCUT2D eigenvalue weighted by atomic mass is 14.8. The van der Waals surface area contributed by atoms with E-state index in [2.05, 4.69) is 74.5 Å². The fourth-order valence-electron chi connectivity index (χ4n) is 5.62. The van der Waals surface area contributed by atoms with Gasteiger partial charge in [0.15, 0.2) is 0 Å². The van der Waals surface area contributed by atoms with E-state index in [1.54, 1.807) is 0 Å². The molecule has 0 saturated carbocycles. The number of hydrogen-bond acceptors (Lipinski definition) is 3. The van der Waals surface area contributed by atoms with Crippen LogP contribution >= 0.6 is 0 Å². The first kappa shape index (κ1) is 23.9. The van der Waals surface area contributed by atoms with Gasteiger partial charge in [-0.25, -0.2) is 0 Å². The molecule has 8 bridgehead atoms. The first-order valence-corrected chi connectivity index (χ1v) is 13.8. The molecule has 0 amide bonds. The van der Waals surface area contributed by atoms with Crippen molar-refractivity contribution < 1.29 is 0 Å². The second-order valence-electron chi connectivity index (χ2n) is 10.1. The van der Waals surface area contributed by atoms with Gasteiger partial charge >= 0.3 is 0 Å². The fourth-order valence-corrected chi connectivity index (χ4v) is 5.62. The lowest BCUT2D eigenvalue weighted by Gasteiger charge is -2.07. The van der Waals surface area contributed by atoms with Crippen molar-refractivity contribution in [1.29, 1.82) is 0 Å². The van der Waals surface area contributed by atoms with E-state index in [0.29, 0.717) is 0 Å². The normalized spacial score (nSPS) is 12.8. The average Bonchev–Trinajstić information content (AvgIpc) is 3.86. The summed E-state index contributed by atoms with van der Waals surface area (Å²) in [4.78, 5) is 28.8. The Hall–Kier alpha value is -5.95. The van der Waals surface area contributed by atoms with Crippen LogP contribution in [-0.2, 0) is 0 Å². The summed E-state index contributed by atoms with van der Waals surface area (Å²) in [5.41, 5.74) is 9.38. The first-order chi connectivity index (χ1) is 20.8. The maximum Gasteiger partial charge on any atom is 0.0743 e. The van der Waals surface area contributed by atoms with Gasteiger partial charge in [0.05, 0.1) is 50.2 Å². The molecule has 0 unspecified atom stereocenters. The minimum Gasteiger partial charge on any atom is -0.355 e. The van der Waals surface area contributed by atoms with Crippen molar-refractivity contribution >= 4 is 22.8 Å². The van der Waals surface area contributed by atoms with Gasteiger partial charge in [0.1, 0.15) is 0 Å². The minimum absolute atomic E-state index is 0.859. The summed E-state index contributed by atoms with van der Waals surface area (Å²) in [6.07, 6.45) is 7.58. The van der Waals surface area contributed by atoms with Crippen molar-refractivity contribution in [2.45, 2.75) is 0 Å². The Bertz CT molecular complexity index is 2280. The molecule has 0 aromatic carbocycles. The lowest BCUT2D eigenvalue weighted by molar-refractivity contribution is 1.16. The first-order valence-electron chi connectivity index (χ1n) is 13.8. The van der Waals surface area contributed by atoms with Gasteiger partial charge in [-0.2, -0.15) is 0 Å². The predicted octanol–water partition coefficient (Wildman–Crippen LogP) is 3.07. The Labute approximate surface area is 240 Å². The van der Waals surface area contributed by atoms with Crippen LogP contribution in [0.3, 0.4) is 0 Å². The zero-order valence-electron chi connectivity index (χ0n) is 22.5. The zero-order valence-corrected chi connectivity index (χ0v) is 22.5. The molecule has 0 radical (unpaired) electrons. The van der Waals surface area contributed by atoms with E-state index in [1.807, 2.05) is 73.2 Å². The molecule has 0 atom stereocenters. The largest absolute Gasteiger partial charge is 0.355 e. The Balaban J connectivity index is 1.50.